The summed E-state index contributed by atoms with van der Waals surface area (Å²) in [7, 11) is 1.44. The van der Waals surface area contributed by atoms with E-state index in [2.05, 4.69) is 4.99 Å². The molecule has 0 aliphatic rings. The van der Waals surface area contributed by atoms with Gasteiger partial charge in [0.25, 0.3) is 0 Å². The molecule has 180 valence electrons. The molecule has 0 bridgehead atoms. The van der Waals surface area contributed by atoms with Crippen LogP contribution in [0.15, 0.2) is 47.5 Å². The predicted molar refractivity (Wildman–Crippen MR) is 127 cm³/mol. The van der Waals surface area contributed by atoms with Gasteiger partial charge in [-0.1, -0.05) is 45.0 Å². The van der Waals surface area contributed by atoms with E-state index in [1.807, 2.05) is 32.9 Å². The molecule has 0 aliphatic carbocycles. The number of hydrogen-bond donors (Lipinski definition) is 2. The van der Waals surface area contributed by atoms with Crippen LogP contribution in [-0.4, -0.2) is 25.5 Å². The van der Waals surface area contributed by atoms with E-state index in [-0.39, 0.29) is 27.9 Å². The first kappa shape index (κ1) is 25.3. The van der Waals surface area contributed by atoms with Crippen molar-refractivity contribution in [2.24, 2.45) is 10.7 Å². The fourth-order valence-electron chi connectivity index (χ4n) is 3.99. The molecular weight excluding hydrogens is 449 g/mol. The first-order valence-electron chi connectivity index (χ1n) is 10.6. The molecule has 34 heavy (non-hydrogen) atoms. The van der Waals surface area contributed by atoms with E-state index in [1.54, 1.807) is 12.1 Å². The number of halogens is 5. The fourth-order valence-corrected chi connectivity index (χ4v) is 3.99. The molecule has 3 nitrogen and oxygen atoms in total. The summed E-state index contributed by atoms with van der Waals surface area (Å²) >= 11 is 0. The number of rotatable bonds is 5. The number of benzene rings is 3. The van der Waals surface area contributed by atoms with Gasteiger partial charge in [0.1, 0.15) is 5.84 Å². The summed E-state index contributed by atoms with van der Waals surface area (Å²) in [6.45, 7) is 6.10. The molecule has 0 aromatic heterocycles. The van der Waals surface area contributed by atoms with Gasteiger partial charge in [-0.05, 0) is 51.1 Å². The van der Waals surface area contributed by atoms with Crippen molar-refractivity contribution in [2.75, 3.05) is 7.05 Å². The van der Waals surface area contributed by atoms with Gasteiger partial charge in [-0.15, -0.1) is 0 Å². The molecule has 0 radical (unpaired) electrons. The molecule has 3 rings (SSSR count). The molecule has 3 aromatic rings. The Morgan fingerprint density at radius 3 is 2.24 bits per heavy atom. The number of nitrogens with two attached hydrogens (primary N) is 1. The van der Waals surface area contributed by atoms with E-state index in [0.717, 1.165) is 23.9 Å². The van der Waals surface area contributed by atoms with Crippen LogP contribution in [-0.2, 0) is 18.0 Å². The average molecular weight is 476 g/mol. The Balaban J connectivity index is 2.50. The summed E-state index contributed by atoms with van der Waals surface area (Å²) in [5.74, 6) is 0.0307. The highest BCUT2D eigenvalue weighted by Gasteiger charge is 2.32. The van der Waals surface area contributed by atoms with E-state index in [4.69, 9.17) is 11.1 Å². The molecule has 0 spiro atoms. The predicted octanol–water partition coefficient (Wildman–Crippen LogP) is 6.96. The second kappa shape index (κ2) is 9.16. The summed E-state index contributed by atoms with van der Waals surface area (Å²) in [6.07, 6.45) is -7.29. The molecule has 0 heterocycles. The number of nitrogens with one attached hydrogen (secondary N) is 1. The van der Waals surface area contributed by atoms with E-state index < -0.39 is 24.6 Å². The van der Waals surface area contributed by atoms with Crippen LogP contribution in [0.3, 0.4) is 0 Å². The van der Waals surface area contributed by atoms with Gasteiger partial charge in [0.2, 0.25) is 6.43 Å². The van der Waals surface area contributed by atoms with Crippen LogP contribution in [0.2, 0.25) is 0 Å². The quantitative estimate of drug-likeness (QED) is 0.234. The summed E-state index contributed by atoms with van der Waals surface area (Å²) in [4.78, 5) is 4.01. The SMILES string of the molecule is CN=C(N)c1c(C=N)cc2cc(C(C)(C)C)ccc2c1-c1cc(CC(F)F)cc(C(F)(F)F)c1. The topological polar surface area (TPSA) is 62.2 Å². The van der Waals surface area contributed by atoms with Crippen molar-refractivity contribution in [1.82, 2.24) is 0 Å². The minimum Gasteiger partial charge on any atom is -0.383 e. The third kappa shape index (κ3) is 5.11. The second-order valence-corrected chi connectivity index (χ2v) is 9.17. The smallest absolute Gasteiger partial charge is 0.383 e. The largest absolute Gasteiger partial charge is 0.416 e. The molecule has 0 aliphatic heterocycles. The highest BCUT2D eigenvalue weighted by atomic mass is 19.4. The first-order chi connectivity index (χ1) is 15.8. The lowest BCUT2D eigenvalue weighted by atomic mass is 9.83. The van der Waals surface area contributed by atoms with Gasteiger partial charge in [-0.2, -0.15) is 13.2 Å². The fraction of sp³-hybridized carbons (Fsp3) is 0.308. The van der Waals surface area contributed by atoms with Crippen LogP contribution in [0.25, 0.3) is 21.9 Å². The van der Waals surface area contributed by atoms with Crippen molar-refractivity contribution in [3.8, 4) is 11.1 Å². The molecule has 3 N–H and O–H groups in total. The Kier molecular flexibility index (Phi) is 6.82. The third-order valence-electron chi connectivity index (χ3n) is 5.69. The number of fused-ring (bicyclic) bond motifs is 1. The van der Waals surface area contributed by atoms with Crippen molar-refractivity contribution in [1.29, 1.82) is 5.41 Å². The van der Waals surface area contributed by atoms with Crippen LogP contribution < -0.4 is 5.73 Å². The Labute approximate surface area is 195 Å². The molecule has 0 amide bonds. The van der Waals surface area contributed by atoms with Crippen molar-refractivity contribution >= 4 is 22.8 Å². The Hall–Kier alpha value is -3.29. The van der Waals surface area contributed by atoms with Gasteiger partial charge in [0, 0.05) is 36.4 Å². The van der Waals surface area contributed by atoms with Crippen molar-refractivity contribution in [3.05, 3.63) is 70.3 Å². The number of amidine groups is 1. The molecule has 0 unspecified atom stereocenters. The van der Waals surface area contributed by atoms with E-state index >= 15 is 0 Å². The van der Waals surface area contributed by atoms with Crippen molar-refractivity contribution < 1.29 is 22.0 Å². The highest BCUT2D eigenvalue weighted by molar-refractivity contribution is 6.16. The van der Waals surface area contributed by atoms with Gasteiger partial charge in [0.15, 0.2) is 0 Å². The summed E-state index contributed by atoms with van der Waals surface area (Å²) in [5, 5.41) is 9.21. The molecular formula is C26H26F5N3. The van der Waals surface area contributed by atoms with Crippen LogP contribution >= 0.6 is 0 Å². The minimum atomic E-state index is -4.73. The minimum absolute atomic E-state index is 0.0307. The Morgan fingerprint density at radius 1 is 1.03 bits per heavy atom. The Morgan fingerprint density at radius 2 is 1.71 bits per heavy atom. The number of nitrogens with zero attached hydrogens (tertiary/aromatic N) is 1. The molecule has 0 atom stereocenters. The zero-order chi connectivity index (χ0) is 25.4. The van der Waals surface area contributed by atoms with Gasteiger partial charge >= 0.3 is 6.18 Å². The molecule has 0 saturated heterocycles. The average Bonchev–Trinajstić information content (AvgIpc) is 2.74. The van der Waals surface area contributed by atoms with E-state index in [1.165, 1.54) is 13.1 Å². The standard InChI is InChI=1S/C26H26F5N3/c1-25(2,3)18-5-6-20-15(11-18)10-17(13-32)23(24(33)34-4)22(20)16-7-14(9-21(27)28)8-19(12-16)26(29,30)31/h5-8,10-13,21,32H,9H2,1-4H3,(H2,33,34). The van der Waals surface area contributed by atoms with E-state index in [9.17, 15) is 22.0 Å². The summed E-state index contributed by atoms with van der Waals surface area (Å²) in [6, 6.07) is 10.3. The van der Waals surface area contributed by atoms with Gasteiger partial charge in [0.05, 0.1) is 5.56 Å². The Bertz CT molecular complexity index is 1270. The van der Waals surface area contributed by atoms with Crippen LogP contribution in [0.5, 0.6) is 0 Å². The first-order valence-corrected chi connectivity index (χ1v) is 10.6. The molecule has 8 heteroatoms. The lowest BCUT2D eigenvalue weighted by molar-refractivity contribution is -0.137. The molecule has 0 saturated carbocycles. The van der Waals surface area contributed by atoms with Gasteiger partial charge < -0.3 is 11.1 Å². The summed E-state index contributed by atoms with van der Waals surface area (Å²) < 4.78 is 67.3. The van der Waals surface area contributed by atoms with Crippen LogP contribution in [0, 0.1) is 5.41 Å². The maximum atomic E-state index is 13.7. The number of alkyl halides is 5. The summed E-state index contributed by atoms with van der Waals surface area (Å²) in [5.41, 5.74) is 6.84. The zero-order valence-corrected chi connectivity index (χ0v) is 19.3. The monoisotopic (exact) mass is 475 g/mol. The lowest BCUT2D eigenvalue weighted by Crippen LogP contribution is -2.18. The maximum absolute atomic E-state index is 13.7. The number of hydrogen-bond acceptors (Lipinski definition) is 2. The number of aliphatic imine (C=N–C) groups is 1. The van der Waals surface area contributed by atoms with Crippen molar-refractivity contribution in [2.45, 2.75) is 45.2 Å². The normalized spacial score (nSPS) is 13.1. The van der Waals surface area contributed by atoms with E-state index in [0.29, 0.717) is 21.9 Å². The molecule has 0 fully saturated rings. The lowest BCUT2D eigenvalue weighted by Gasteiger charge is -2.22. The third-order valence-corrected chi connectivity index (χ3v) is 5.69. The van der Waals surface area contributed by atoms with Gasteiger partial charge in [-0.3, -0.25) is 4.99 Å². The van der Waals surface area contributed by atoms with Gasteiger partial charge in [-0.25, -0.2) is 8.78 Å². The second-order valence-electron chi connectivity index (χ2n) is 9.17. The zero-order valence-electron chi connectivity index (χ0n) is 19.3. The maximum Gasteiger partial charge on any atom is 0.416 e. The van der Waals surface area contributed by atoms with Crippen LogP contribution in [0.4, 0.5) is 22.0 Å². The van der Waals surface area contributed by atoms with Crippen molar-refractivity contribution in [3.63, 3.8) is 0 Å². The molecule has 3 aromatic carbocycles. The van der Waals surface area contributed by atoms with Crippen LogP contribution in [0.1, 0.15) is 48.6 Å². The highest BCUT2D eigenvalue weighted by Crippen LogP contribution is 2.40.